The lowest BCUT2D eigenvalue weighted by Gasteiger charge is -2.12. The minimum atomic E-state index is -0.423. The fourth-order valence-electron chi connectivity index (χ4n) is 2.04. The van der Waals surface area contributed by atoms with Gasteiger partial charge in [-0.1, -0.05) is 30.3 Å². The molecule has 0 fully saturated rings. The van der Waals surface area contributed by atoms with Gasteiger partial charge in [-0.2, -0.15) is 0 Å². The maximum absolute atomic E-state index is 12.2. The molecule has 0 saturated carbocycles. The van der Waals surface area contributed by atoms with Crippen LogP contribution in [0.4, 0.5) is 0 Å². The molecule has 1 aromatic heterocycles. The number of methoxy groups -OCH3 is 1. The molecule has 0 spiro atoms. The molecule has 0 bridgehead atoms. The average Bonchev–Trinajstić information content (AvgIpc) is 2.59. The Morgan fingerprint density at radius 3 is 2.64 bits per heavy atom. The van der Waals surface area contributed by atoms with E-state index in [-0.39, 0.29) is 18.4 Å². The average molecular weight is 298 g/mol. The highest BCUT2D eigenvalue weighted by molar-refractivity contribution is 5.89. The molecular formula is C17H18N2O3. The number of rotatable bonds is 5. The van der Waals surface area contributed by atoms with Crippen LogP contribution in [0.3, 0.4) is 0 Å². The van der Waals surface area contributed by atoms with Crippen LogP contribution in [0, 0.1) is 0 Å². The summed E-state index contributed by atoms with van der Waals surface area (Å²) in [6.07, 6.45) is 1.52. The summed E-state index contributed by atoms with van der Waals surface area (Å²) in [6, 6.07) is 12.7. The van der Waals surface area contributed by atoms with Gasteiger partial charge in [0.2, 0.25) is 5.91 Å². The normalized spacial score (nSPS) is 11.5. The third kappa shape index (κ3) is 3.91. The third-order valence-corrected chi connectivity index (χ3v) is 3.37. The number of pyridine rings is 1. The summed E-state index contributed by atoms with van der Waals surface area (Å²) >= 11 is 0. The van der Waals surface area contributed by atoms with E-state index in [2.05, 4.69) is 15.0 Å². The van der Waals surface area contributed by atoms with Gasteiger partial charge in [-0.25, -0.2) is 4.79 Å². The van der Waals surface area contributed by atoms with Crippen molar-refractivity contribution in [1.82, 2.24) is 10.3 Å². The van der Waals surface area contributed by atoms with Gasteiger partial charge in [0.15, 0.2) is 0 Å². The fourth-order valence-corrected chi connectivity index (χ4v) is 2.04. The van der Waals surface area contributed by atoms with Crippen molar-refractivity contribution < 1.29 is 14.3 Å². The smallest absolute Gasteiger partial charge is 0.337 e. The van der Waals surface area contributed by atoms with Gasteiger partial charge < -0.3 is 10.1 Å². The highest BCUT2D eigenvalue weighted by Gasteiger charge is 2.15. The monoisotopic (exact) mass is 298 g/mol. The van der Waals surface area contributed by atoms with Crippen molar-refractivity contribution in [2.24, 2.45) is 0 Å². The Kier molecular flexibility index (Phi) is 5.25. The van der Waals surface area contributed by atoms with Crippen LogP contribution in [0.2, 0.25) is 0 Å². The molecule has 1 unspecified atom stereocenters. The second kappa shape index (κ2) is 7.36. The SMILES string of the molecule is COC(=O)c1ccnc(CNC(=O)C(C)c2ccccc2)c1. The second-order valence-corrected chi connectivity index (χ2v) is 4.88. The largest absolute Gasteiger partial charge is 0.465 e. The predicted molar refractivity (Wildman–Crippen MR) is 82.3 cm³/mol. The molecule has 5 heteroatoms. The van der Waals surface area contributed by atoms with Crippen molar-refractivity contribution in [2.45, 2.75) is 19.4 Å². The van der Waals surface area contributed by atoms with Crippen LogP contribution in [0.15, 0.2) is 48.7 Å². The van der Waals surface area contributed by atoms with Crippen LogP contribution >= 0.6 is 0 Å². The maximum Gasteiger partial charge on any atom is 0.337 e. The number of aromatic nitrogens is 1. The van der Waals surface area contributed by atoms with Crippen LogP contribution in [-0.2, 0) is 16.1 Å². The van der Waals surface area contributed by atoms with E-state index in [1.165, 1.54) is 13.3 Å². The van der Waals surface area contributed by atoms with Gasteiger partial charge in [-0.3, -0.25) is 9.78 Å². The Morgan fingerprint density at radius 1 is 1.23 bits per heavy atom. The van der Waals surface area contributed by atoms with E-state index in [1.807, 2.05) is 37.3 Å². The Morgan fingerprint density at radius 2 is 1.95 bits per heavy atom. The number of amides is 1. The standard InChI is InChI=1S/C17H18N2O3/c1-12(13-6-4-3-5-7-13)16(20)19-11-15-10-14(8-9-18-15)17(21)22-2/h3-10,12H,11H2,1-2H3,(H,19,20). The van der Waals surface area contributed by atoms with Gasteiger partial charge in [0, 0.05) is 6.20 Å². The molecule has 1 N–H and O–H groups in total. The molecule has 0 saturated heterocycles. The molecule has 114 valence electrons. The molecule has 0 radical (unpaired) electrons. The number of nitrogens with zero attached hydrogens (tertiary/aromatic N) is 1. The number of esters is 1. The Labute approximate surface area is 129 Å². The van der Waals surface area contributed by atoms with E-state index in [1.54, 1.807) is 12.1 Å². The quantitative estimate of drug-likeness (QED) is 0.860. The summed E-state index contributed by atoms with van der Waals surface area (Å²) < 4.78 is 4.66. The van der Waals surface area contributed by atoms with Crippen molar-refractivity contribution in [3.63, 3.8) is 0 Å². The van der Waals surface area contributed by atoms with Crippen molar-refractivity contribution in [3.8, 4) is 0 Å². The molecule has 2 rings (SSSR count). The van der Waals surface area contributed by atoms with Gasteiger partial charge in [-0.15, -0.1) is 0 Å². The van der Waals surface area contributed by atoms with Crippen LogP contribution in [0.1, 0.15) is 34.5 Å². The molecule has 1 atom stereocenters. The van der Waals surface area contributed by atoms with Crippen molar-refractivity contribution in [3.05, 3.63) is 65.5 Å². The lowest BCUT2D eigenvalue weighted by Crippen LogP contribution is -2.28. The Bertz CT molecular complexity index is 656. The summed E-state index contributed by atoms with van der Waals surface area (Å²) in [5.41, 5.74) is 1.98. The summed E-state index contributed by atoms with van der Waals surface area (Å²) in [5, 5.41) is 2.83. The van der Waals surface area contributed by atoms with Gasteiger partial charge >= 0.3 is 5.97 Å². The molecule has 0 aliphatic rings. The molecule has 1 aromatic carbocycles. The maximum atomic E-state index is 12.2. The number of nitrogens with one attached hydrogen (secondary N) is 1. The molecule has 22 heavy (non-hydrogen) atoms. The molecule has 1 amide bonds. The molecule has 0 aliphatic heterocycles. The van der Waals surface area contributed by atoms with Crippen molar-refractivity contribution >= 4 is 11.9 Å². The first-order valence-electron chi connectivity index (χ1n) is 6.97. The minimum Gasteiger partial charge on any atom is -0.465 e. The first kappa shape index (κ1) is 15.7. The molecule has 1 heterocycles. The third-order valence-electron chi connectivity index (χ3n) is 3.37. The Balaban J connectivity index is 1.98. The van der Waals surface area contributed by atoms with E-state index in [0.717, 1.165) is 5.56 Å². The summed E-state index contributed by atoms with van der Waals surface area (Å²) in [7, 11) is 1.33. The van der Waals surface area contributed by atoms with Gasteiger partial charge in [0.25, 0.3) is 0 Å². The first-order valence-corrected chi connectivity index (χ1v) is 6.97. The van der Waals surface area contributed by atoms with Gasteiger partial charge in [0.05, 0.1) is 30.8 Å². The van der Waals surface area contributed by atoms with Crippen molar-refractivity contribution in [1.29, 1.82) is 0 Å². The van der Waals surface area contributed by atoms with E-state index >= 15 is 0 Å². The summed E-state index contributed by atoms with van der Waals surface area (Å²) in [6.45, 7) is 2.11. The van der Waals surface area contributed by atoms with E-state index in [0.29, 0.717) is 11.3 Å². The van der Waals surface area contributed by atoms with E-state index in [4.69, 9.17) is 0 Å². The highest BCUT2D eigenvalue weighted by Crippen LogP contribution is 2.14. The number of benzene rings is 1. The number of carbonyl (C=O) groups is 2. The number of hydrogen-bond acceptors (Lipinski definition) is 4. The lowest BCUT2D eigenvalue weighted by molar-refractivity contribution is -0.122. The number of hydrogen-bond donors (Lipinski definition) is 1. The van der Waals surface area contributed by atoms with E-state index in [9.17, 15) is 9.59 Å². The number of carbonyl (C=O) groups excluding carboxylic acids is 2. The van der Waals surface area contributed by atoms with Crippen LogP contribution in [0.5, 0.6) is 0 Å². The first-order chi connectivity index (χ1) is 10.6. The zero-order chi connectivity index (χ0) is 15.9. The molecule has 0 aliphatic carbocycles. The summed E-state index contributed by atoms with van der Waals surface area (Å²) in [4.78, 5) is 27.8. The van der Waals surface area contributed by atoms with Crippen molar-refractivity contribution in [2.75, 3.05) is 7.11 Å². The topological polar surface area (TPSA) is 68.3 Å². The van der Waals surface area contributed by atoms with Crippen LogP contribution in [0.25, 0.3) is 0 Å². The zero-order valence-electron chi connectivity index (χ0n) is 12.6. The molecular weight excluding hydrogens is 280 g/mol. The lowest BCUT2D eigenvalue weighted by atomic mass is 10.0. The minimum absolute atomic E-state index is 0.0866. The highest BCUT2D eigenvalue weighted by atomic mass is 16.5. The zero-order valence-corrected chi connectivity index (χ0v) is 12.6. The molecule has 5 nitrogen and oxygen atoms in total. The van der Waals surface area contributed by atoms with Gasteiger partial charge in [0.1, 0.15) is 0 Å². The van der Waals surface area contributed by atoms with E-state index < -0.39 is 5.97 Å². The van der Waals surface area contributed by atoms with Crippen LogP contribution in [-0.4, -0.2) is 24.0 Å². The fraction of sp³-hybridized carbons (Fsp3) is 0.235. The summed E-state index contributed by atoms with van der Waals surface area (Å²) in [5.74, 6) is -0.755. The second-order valence-electron chi connectivity index (χ2n) is 4.88. The predicted octanol–water partition coefficient (Wildman–Crippen LogP) is 2.29. The number of ether oxygens (including phenoxy) is 1. The molecule has 2 aromatic rings. The van der Waals surface area contributed by atoms with Crippen LogP contribution < -0.4 is 5.32 Å². The van der Waals surface area contributed by atoms with Gasteiger partial charge in [-0.05, 0) is 24.6 Å². The Hall–Kier alpha value is -2.69.